The molecule has 7 nitrogen and oxygen atoms in total. The molecule has 2 aromatic rings. The third-order valence-corrected chi connectivity index (χ3v) is 6.10. The lowest BCUT2D eigenvalue weighted by Gasteiger charge is -2.28. The van der Waals surface area contributed by atoms with Gasteiger partial charge in [-0.05, 0) is 67.5 Å². The van der Waals surface area contributed by atoms with Gasteiger partial charge in [0.15, 0.2) is 11.5 Å². The first-order chi connectivity index (χ1) is 15.6. The van der Waals surface area contributed by atoms with E-state index in [0.717, 1.165) is 25.0 Å². The number of hydrogen-bond donors (Lipinski definition) is 1. The highest BCUT2D eigenvalue weighted by Crippen LogP contribution is 2.36. The van der Waals surface area contributed by atoms with Gasteiger partial charge in [0.1, 0.15) is 19.0 Å². The Kier molecular flexibility index (Phi) is 6.83. The molecule has 170 valence electrons. The number of carbonyl (C=O) groups excluding carboxylic acids is 2. The number of methoxy groups -OCH3 is 1. The quantitative estimate of drug-likeness (QED) is 0.712. The van der Waals surface area contributed by atoms with Crippen LogP contribution in [0, 0.1) is 0 Å². The van der Waals surface area contributed by atoms with Gasteiger partial charge < -0.3 is 24.4 Å². The Bertz CT molecular complexity index is 990. The molecule has 1 aliphatic carbocycles. The molecule has 0 bridgehead atoms. The molecule has 4 rings (SSSR count). The average Bonchev–Trinajstić information content (AvgIpc) is 2.82. The molecule has 0 spiro atoms. The Balaban J connectivity index is 1.37. The minimum Gasteiger partial charge on any atom is -0.497 e. The van der Waals surface area contributed by atoms with Crippen molar-refractivity contribution in [2.24, 2.45) is 0 Å². The van der Waals surface area contributed by atoms with Crippen LogP contribution >= 0.6 is 0 Å². The smallest absolute Gasteiger partial charge is 0.243 e. The summed E-state index contributed by atoms with van der Waals surface area (Å²) in [5.74, 6) is 2.08. The number of hydrogen-bond acceptors (Lipinski definition) is 5. The van der Waals surface area contributed by atoms with Gasteiger partial charge in [-0.1, -0.05) is 6.07 Å². The molecule has 2 aliphatic rings. The van der Waals surface area contributed by atoms with Crippen LogP contribution in [0.2, 0.25) is 0 Å². The van der Waals surface area contributed by atoms with Gasteiger partial charge >= 0.3 is 0 Å². The number of benzene rings is 2. The Morgan fingerprint density at radius 2 is 1.94 bits per heavy atom. The van der Waals surface area contributed by atoms with Crippen LogP contribution in [-0.4, -0.2) is 50.1 Å². The van der Waals surface area contributed by atoms with Crippen LogP contribution in [0.3, 0.4) is 0 Å². The van der Waals surface area contributed by atoms with Gasteiger partial charge in [0.05, 0.1) is 13.7 Å². The average molecular weight is 439 g/mol. The number of rotatable bonds is 7. The summed E-state index contributed by atoms with van der Waals surface area (Å²) in [6.45, 7) is 3.40. The SMILES string of the molecule is CCN(CC(=O)Nc1ccc2c(c1)OCCO2)C(=O)CC1CCCc2cc(OC)ccc21. The fourth-order valence-electron chi connectivity index (χ4n) is 4.44. The molecule has 1 heterocycles. The molecule has 1 aliphatic heterocycles. The lowest BCUT2D eigenvalue weighted by atomic mass is 9.80. The lowest BCUT2D eigenvalue weighted by Crippen LogP contribution is -2.38. The van der Waals surface area contributed by atoms with Gasteiger partial charge in [0.25, 0.3) is 0 Å². The van der Waals surface area contributed by atoms with E-state index in [4.69, 9.17) is 14.2 Å². The molecule has 0 aromatic heterocycles. The Hall–Kier alpha value is -3.22. The predicted octanol–water partition coefficient (Wildman–Crippen LogP) is 3.76. The highest BCUT2D eigenvalue weighted by molar-refractivity contribution is 5.95. The Morgan fingerprint density at radius 3 is 2.72 bits per heavy atom. The minimum atomic E-state index is -0.231. The summed E-state index contributed by atoms with van der Waals surface area (Å²) in [5.41, 5.74) is 3.10. The van der Waals surface area contributed by atoms with Crippen molar-refractivity contribution in [3.8, 4) is 17.2 Å². The Labute approximate surface area is 188 Å². The molecule has 2 amide bonds. The van der Waals surface area contributed by atoms with Crippen molar-refractivity contribution in [1.29, 1.82) is 0 Å². The van der Waals surface area contributed by atoms with Gasteiger partial charge in [-0.2, -0.15) is 0 Å². The number of ether oxygens (including phenoxy) is 3. The molecular formula is C25H30N2O5. The van der Waals surface area contributed by atoms with Crippen molar-refractivity contribution >= 4 is 17.5 Å². The second kappa shape index (κ2) is 9.94. The molecule has 0 radical (unpaired) electrons. The van der Waals surface area contributed by atoms with E-state index < -0.39 is 0 Å². The van der Waals surface area contributed by atoms with Crippen molar-refractivity contribution in [3.63, 3.8) is 0 Å². The first-order valence-electron chi connectivity index (χ1n) is 11.2. The largest absolute Gasteiger partial charge is 0.497 e. The van der Waals surface area contributed by atoms with Crippen LogP contribution in [-0.2, 0) is 16.0 Å². The van der Waals surface area contributed by atoms with Crippen LogP contribution in [0.5, 0.6) is 17.2 Å². The molecule has 1 unspecified atom stereocenters. The molecule has 1 N–H and O–H groups in total. The van der Waals surface area contributed by atoms with E-state index in [1.54, 1.807) is 30.2 Å². The third kappa shape index (κ3) is 4.98. The molecular weight excluding hydrogens is 408 g/mol. The molecule has 0 fully saturated rings. The second-order valence-corrected chi connectivity index (χ2v) is 8.17. The predicted molar refractivity (Wildman–Crippen MR) is 122 cm³/mol. The number of anilines is 1. The zero-order valence-electron chi connectivity index (χ0n) is 18.7. The number of amides is 2. The topological polar surface area (TPSA) is 77.1 Å². The third-order valence-electron chi connectivity index (χ3n) is 6.10. The maximum absolute atomic E-state index is 13.0. The van der Waals surface area contributed by atoms with Crippen molar-refractivity contribution in [3.05, 3.63) is 47.5 Å². The minimum absolute atomic E-state index is 0.00140. The Morgan fingerprint density at radius 1 is 1.12 bits per heavy atom. The molecule has 0 saturated heterocycles. The van der Waals surface area contributed by atoms with Crippen LogP contribution in [0.4, 0.5) is 5.69 Å². The summed E-state index contributed by atoms with van der Waals surface area (Å²) in [6, 6.07) is 11.4. The number of fused-ring (bicyclic) bond motifs is 2. The fraction of sp³-hybridized carbons (Fsp3) is 0.440. The molecule has 2 aromatic carbocycles. The standard InChI is InChI=1S/C25H30N2O5/c1-3-27(16-24(28)26-19-7-10-22-23(15-19)32-12-11-31-22)25(29)14-18-6-4-5-17-13-20(30-2)8-9-21(17)18/h7-10,13,15,18H,3-6,11-12,14,16H2,1-2H3,(H,26,28). The zero-order valence-corrected chi connectivity index (χ0v) is 18.7. The first kappa shape index (κ1) is 22.0. The molecule has 1 atom stereocenters. The van der Waals surface area contributed by atoms with Gasteiger partial charge in [-0.15, -0.1) is 0 Å². The summed E-state index contributed by atoms with van der Waals surface area (Å²) in [4.78, 5) is 27.3. The van der Waals surface area contributed by atoms with Crippen LogP contribution in [0.1, 0.15) is 43.2 Å². The van der Waals surface area contributed by atoms with E-state index in [1.807, 2.05) is 13.0 Å². The van der Waals surface area contributed by atoms with E-state index in [1.165, 1.54) is 11.1 Å². The van der Waals surface area contributed by atoms with E-state index >= 15 is 0 Å². The van der Waals surface area contributed by atoms with E-state index in [2.05, 4.69) is 17.4 Å². The van der Waals surface area contributed by atoms with Crippen molar-refractivity contribution in [2.45, 2.75) is 38.5 Å². The summed E-state index contributed by atoms with van der Waals surface area (Å²) >= 11 is 0. The van der Waals surface area contributed by atoms with E-state index in [0.29, 0.717) is 43.4 Å². The number of nitrogens with one attached hydrogen (secondary N) is 1. The van der Waals surface area contributed by atoms with Gasteiger partial charge in [-0.3, -0.25) is 9.59 Å². The van der Waals surface area contributed by atoms with E-state index in [-0.39, 0.29) is 24.3 Å². The number of nitrogens with zero attached hydrogens (tertiary/aromatic N) is 1. The number of carbonyl (C=O) groups is 2. The zero-order chi connectivity index (χ0) is 22.5. The number of likely N-dealkylation sites (N-methyl/N-ethyl adjacent to an activating group) is 1. The fourth-order valence-corrected chi connectivity index (χ4v) is 4.44. The normalized spacial score (nSPS) is 16.6. The summed E-state index contributed by atoms with van der Waals surface area (Å²) in [6.07, 6.45) is 3.44. The van der Waals surface area contributed by atoms with Crippen molar-refractivity contribution < 1.29 is 23.8 Å². The molecule has 7 heteroatoms. The van der Waals surface area contributed by atoms with Crippen LogP contribution in [0.25, 0.3) is 0 Å². The maximum atomic E-state index is 13.0. The summed E-state index contributed by atoms with van der Waals surface area (Å²) < 4.78 is 16.4. The van der Waals surface area contributed by atoms with Crippen LogP contribution in [0.15, 0.2) is 36.4 Å². The monoisotopic (exact) mass is 438 g/mol. The summed E-state index contributed by atoms with van der Waals surface area (Å²) in [5, 5.41) is 2.86. The van der Waals surface area contributed by atoms with Crippen molar-refractivity contribution in [1.82, 2.24) is 4.90 Å². The van der Waals surface area contributed by atoms with Crippen LogP contribution < -0.4 is 19.5 Å². The second-order valence-electron chi connectivity index (χ2n) is 8.17. The first-order valence-corrected chi connectivity index (χ1v) is 11.2. The lowest BCUT2D eigenvalue weighted by molar-refractivity contribution is -0.134. The van der Waals surface area contributed by atoms with Gasteiger partial charge in [-0.25, -0.2) is 0 Å². The van der Waals surface area contributed by atoms with Crippen molar-refractivity contribution in [2.75, 3.05) is 38.7 Å². The number of aryl methyl sites for hydroxylation is 1. The highest BCUT2D eigenvalue weighted by Gasteiger charge is 2.26. The molecule has 32 heavy (non-hydrogen) atoms. The highest BCUT2D eigenvalue weighted by atomic mass is 16.6. The maximum Gasteiger partial charge on any atom is 0.243 e. The van der Waals surface area contributed by atoms with Gasteiger partial charge in [0, 0.05) is 24.7 Å². The van der Waals surface area contributed by atoms with Gasteiger partial charge in [0.2, 0.25) is 11.8 Å². The summed E-state index contributed by atoms with van der Waals surface area (Å²) in [7, 11) is 1.67. The van der Waals surface area contributed by atoms with E-state index in [9.17, 15) is 9.59 Å². The molecule has 0 saturated carbocycles.